The molecule has 0 saturated carbocycles. The molecule has 0 spiro atoms. The zero-order chi connectivity index (χ0) is 22.2. The molecule has 1 heterocycles. The summed E-state index contributed by atoms with van der Waals surface area (Å²) in [6.45, 7) is 1.71. The van der Waals surface area contributed by atoms with E-state index in [1.807, 2.05) is 54.6 Å². The van der Waals surface area contributed by atoms with Crippen LogP contribution in [0.15, 0.2) is 88.8 Å². The van der Waals surface area contributed by atoms with Crippen molar-refractivity contribution in [1.82, 2.24) is 4.31 Å². The van der Waals surface area contributed by atoms with Crippen LogP contribution < -0.4 is 4.74 Å². The van der Waals surface area contributed by atoms with Crippen LogP contribution in [0, 0.1) is 0 Å². The number of sulfonamides is 1. The van der Waals surface area contributed by atoms with Gasteiger partial charge < -0.3 is 4.74 Å². The van der Waals surface area contributed by atoms with Crippen LogP contribution in [0.3, 0.4) is 0 Å². The van der Waals surface area contributed by atoms with Gasteiger partial charge in [0, 0.05) is 19.3 Å². The van der Waals surface area contributed by atoms with Crippen LogP contribution in [-0.4, -0.2) is 32.0 Å². The van der Waals surface area contributed by atoms with Crippen molar-refractivity contribution < 1.29 is 13.2 Å². The highest BCUT2D eigenvalue weighted by molar-refractivity contribution is 7.89. The Morgan fingerprint density at radius 3 is 2.28 bits per heavy atom. The molecule has 166 valence electrons. The molecular formula is C26H28N2O3S. The van der Waals surface area contributed by atoms with E-state index >= 15 is 0 Å². The first kappa shape index (κ1) is 22.2. The lowest BCUT2D eigenvalue weighted by molar-refractivity contribution is 0.306. The minimum absolute atomic E-state index is 0.328. The summed E-state index contributed by atoms with van der Waals surface area (Å²) in [6, 6.07) is 24.6. The van der Waals surface area contributed by atoms with E-state index in [0.717, 1.165) is 42.6 Å². The Morgan fingerprint density at radius 2 is 1.56 bits per heavy atom. The third-order valence-corrected chi connectivity index (χ3v) is 7.42. The van der Waals surface area contributed by atoms with Gasteiger partial charge in [0.1, 0.15) is 12.4 Å². The second-order valence-corrected chi connectivity index (χ2v) is 9.86. The van der Waals surface area contributed by atoms with Gasteiger partial charge in [0.05, 0.1) is 10.6 Å². The molecule has 0 radical (unpaired) electrons. The van der Waals surface area contributed by atoms with E-state index in [0.29, 0.717) is 30.3 Å². The number of rotatable bonds is 7. The third kappa shape index (κ3) is 5.84. The van der Waals surface area contributed by atoms with Crippen molar-refractivity contribution in [3.8, 4) is 5.75 Å². The maximum absolute atomic E-state index is 12.9. The van der Waals surface area contributed by atoms with Gasteiger partial charge in [0.2, 0.25) is 10.0 Å². The van der Waals surface area contributed by atoms with E-state index in [1.54, 1.807) is 34.8 Å². The van der Waals surface area contributed by atoms with Gasteiger partial charge in [-0.05, 0) is 60.4 Å². The van der Waals surface area contributed by atoms with Crippen LogP contribution in [0.25, 0.3) is 0 Å². The number of ether oxygens (including phenoxy) is 1. The van der Waals surface area contributed by atoms with E-state index in [-0.39, 0.29) is 0 Å². The average Bonchev–Trinajstić information content (AvgIpc) is 3.13. The van der Waals surface area contributed by atoms with Crippen molar-refractivity contribution in [2.45, 2.75) is 37.2 Å². The summed E-state index contributed by atoms with van der Waals surface area (Å²) in [6.07, 6.45) is 5.80. The summed E-state index contributed by atoms with van der Waals surface area (Å²) in [7, 11) is -3.44. The van der Waals surface area contributed by atoms with Crippen LogP contribution in [0.1, 0.15) is 36.8 Å². The van der Waals surface area contributed by atoms with Gasteiger partial charge >= 0.3 is 0 Å². The number of nitrogens with zero attached hydrogens (tertiary/aromatic N) is 2. The van der Waals surface area contributed by atoms with Crippen LogP contribution in [0.2, 0.25) is 0 Å². The molecule has 6 heteroatoms. The Bertz CT molecular complexity index is 1140. The lowest BCUT2D eigenvalue weighted by Crippen LogP contribution is -2.31. The molecule has 0 N–H and O–H groups in total. The molecule has 0 aliphatic carbocycles. The molecule has 32 heavy (non-hydrogen) atoms. The Hall–Kier alpha value is -2.96. The molecule has 3 aromatic carbocycles. The van der Waals surface area contributed by atoms with E-state index in [9.17, 15) is 8.42 Å². The van der Waals surface area contributed by atoms with E-state index in [2.05, 4.69) is 4.99 Å². The molecule has 0 aromatic heterocycles. The van der Waals surface area contributed by atoms with Gasteiger partial charge in [-0.15, -0.1) is 0 Å². The molecule has 0 amide bonds. The third-order valence-electron chi connectivity index (χ3n) is 5.51. The smallest absolute Gasteiger partial charge is 0.243 e. The molecular weight excluding hydrogens is 420 g/mol. The molecule has 1 saturated heterocycles. The lowest BCUT2D eigenvalue weighted by Gasteiger charge is -2.19. The predicted octanol–water partition coefficient (Wildman–Crippen LogP) is 5.58. The monoisotopic (exact) mass is 448 g/mol. The largest absolute Gasteiger partial charge is 0.489 e. The molecule has 0 unspecified atom stereocenters. The van der Waals surface area contributed by atoms with Gasteiger partial charge in [-0.25, -0.2) is 8.42 Å². The highest BCUT2D eigenvalue weighted by atomic mass is 32.2. The molecule has 3 aromatic rings. The predicted molar refractivity (Wildman–Crippen MR) is 128 cm³/mol. The zero-order valence-corrected chi connectivity index (χ0v) is 18.9. The van der Waals surface area contributed by atoms with E-state index < -0.39 is 10.0 Å². The van der Waals surface area contributed by atoms with E-state index in [1.165, 1.54) is 0 Å². The molecule has 5 nitrogen and oxygen atoms in total. The summed E-state index contributed by atoms with van der Waals surface area (Å²) in [5.74, 6) is 0.775. The average molecular weight is 449 g/mol. The Balaban J connectivity index is 1.40. The zero-order valence-electron chi connectivity index (χ0n) is 18.1. The van der Waals surface area contributed by atoms with E-state index in [4.69, 9.17) is 4.74 Å². The first-order chi connectivity index (χ1) is 15.6. The van der Waals surface area contributed by atoms with Gasteiger partial charge in [-0.2, -0.15) is 4.31 Å². The highest BCUT2D eigenvalue weighted by Crippen LogP contribution is 2.23. The first-order valence-electron chi connectivity index (χ1n) is 11.0. The van der Waals surface area contributed by atoms with Gasteiger partial charge in [0.25, 0.3) is 0 Å². The highest BCUT2D eigenvalue weighted by Gasteiger charge is 2.24. The molecule has 0 bridgehead atoms. The molecule has 1 aliphatic rings. The fourth-order valence-electron chi connectivity index (χ4n) is 3.71. The van der Waals surface area contributed by atoms with Gasteiger partial charge in [-0.3, -0.25) is 4.99 Å². The minimum atomic E-state index is -3.44. The SMILES string of the molecule is O=S(=O)(c1ccc(N=Cc2cccc(OCc3ccccc3)c2)cc1)N1CCCCCC1. The van der Waals surface area contributed by atoms with Crippen LogP contribution in [0.4, 0.5) is 5.69 Å². The topological polar surface area (TPSA) is 59.0 Å². The van der Waals surface area contributed by atoms with Crippen LogP contribution in [0.5, 0.6) is 5.75 Å². The lowest BCUT2D eigenvalue weighted by atomic mass is 10.2. The van der Waals surface area contributed by atoms with Crippen molar-refractivity contribution in [3.63, 3.8) is 0 Å². The second kappa shape index (κ2) is 10.6. The normalized spacial score (nSPS) is 15.5. The van der Waals surface area contributed by atoms with Crippen LogP contribution in [-0.2, 0) is 16.6 Å². The summed E-state index contributed by atoms with van der Waals surface area (Å²) in [5.41, 5.74) is 2.73. The molecule has 1 aliphatic heterocycles. The quantitative estimate of drug-likeness (QED) is 0.443. The first-order valence-corrected chi connectivity index (χ1v) is 12.5. The maximum Gasteiger partial charge on any atom is 0.243 e. The van der Waals surface area contributed by atoms with Crippen molar-refractivity contribution >= 4 is 21.9 Å². The Kier molecular flexibility index (Phi) is 7.35. The summed E-state index contributed by atoms with van der Waals surface area (Å²) < 4.78 is 33.3. The Labute approximate surface area is 190 Å². The second-order valence-electron chi connectivity index (χ2n) is 7.92. The van der Waals surface area contributed by atoms with Gasteiger partial charge in [-0.1, -0.05) is 55.3 Å². The summed E-state index contributed by atoms with van der Waals surface area (Å²) in [5, 5.41) is 0. The fraction of sp³-hybridized carbons (Fsp3) is 0.269. The van der Waals surface area contributed by atoms with Crippen LogP contribution >= 0.6 is 0 Å². The number of hydrogen-bond donors (Lipinski definition) is 0. The summed E-state index contributed by atoms with van der Waals surface area (Å²) >= 11 is 0. The summed E-state index contributed by atoms with van der Waals surface area (Å²) in [4.78, 5) is 4.83. The molecule has 0 atom stereocenters. The molecule has 4 rings (SSSR count). The maximum atomic E-state index is 12.9. The van der Waals surface area contributed by atoms with Crippen molar-refractivity contribution in [1.29, 1.82) is 0 Å². The number of hydrogen-bond acceptors (Lipinski definition) is 4. The number of aliphatic imine (C=N–C) groups is 1. The standard InChI is InChI=1S/C26H28N2O3S/c29-32(30,28-17-6-1-2-7-18-28)26-15-13-24(14-16-26)27-20-23-11-8-12-25(19-23)31-21-22-9-4-3-5-10-22/h3-5,8-16,19-20H,1-2,6-7,17-18,21H2. The van der Waals surface area contributed by atoms with Crippen molar-refractivity contribution in [2.24, 2.45) is 4.99 Å². The number of benzene rings is 3. The minimum Gasteiger partial charge on any atom is -0.489 e. The van der Waals surface area contributed by atoms with Crippen molar-refractivity contribution in [3.05, 3.63) is 90.0 Å². The Morgan fingerprint density at radius 1 is 0.844 bits per heavy atom. The van der Waals surface area contributed by atoms with Gasteiger partial charge in [0.15, 0.2) is 0 Å². The molecule has 1 fully saturated rings. The van der Waals surface area contributed by atoms with Crippen molar-refractivity contribution in [2.75, 3.05) is 13.1 Å². The fourth-order valence-corrected chi connectivity index (χ4v) is 5.23.